The van der Waals surface area contributed by atoms with Gasteiger partial charge in [0, 0.05) is 11.6 Å². The largest absolute Gasteiger partial charge is 0.417 e. The Bertz CT molecular complexity index is 578. The van der Waals surface area contributed by atoms with E-state index in [9.17, 15) is 13.2 Å². The van der Waals surface area contributed by atoms with Crippen LogP contribution >= 0.6 is 0 Å². The molecule has 2 rings (SSSR count). The van der Waals surface area contributed by atoms with Gasteiger partial charge in [0.15, 0.2) is 5.76 Å². The van der Waals surface area contributed by atoms with E-state index >= 15 is 0 Å². The number of nitrogens with two attached hydrogens (primary N) is 1. The summed E-state index contributed by atoms with van der Waals surface area (Å²) >= 11 is 0. The van der Waals surface area contributed by atoms with Crippen molar-refractivity contribution in [1.82, 2.24) is 5.16 Å². The van der Waals surface area contributed by atoms with Gasteiger partial charge in [-0.2, -0.15) is 13.2 Å². The van der Waals surface area contributed by atoms with Crippen LogP contribution in [0.15, 0.2) is 34.9 Å². The number of rotatable bonds is 4. The minimum atomic E-state index is -4.43. The first-order chi connectivity index (χ1) is 9.43. The number of benzene rings is 1. The number of alkyl halides is 3. The lowest BCUT2D eigenvalue weighted by Gasteiger charge is -2.10. The molecule has 1 aromatic carbocycles. The summed E-state index contributed by atoms with van der Waals surface area (Å²) in [7, 11) is 0. The Morgan fingerprint density at radius 1 is 1.30 bits per heavy atom. The highest BCUT2D eigenvalue weighted by Gasteiger charge is 2.34. The summed E-state index contributed by atoms with van der Waals surface area (Å²) in [6.07, 6.45) is -2.88. The minimum absolute atomic E-state index is 0.00121. The van der Waals surface area contributed by atoms with Crippen LogP contribution in [0.3, 0.4) is 0 Å². The molecule has 0 saturated heterocycles. The second-order valence-corrected chi connectivity index (χ2v) is 4.55. The van der Waals surface area contributed by atoms with Gasteiger partial charge in [0.2, 0.25) is 0 Å². The van der Waals surface area contributed by atoms with Gasteiger partial charge in [0.1, 0.15) is 5.69 Å². The summed E-state index contributed by atoms with van der Waals surface area (Å²) in [6, 6.07) is 6.40. The highest BCUT2D eigenvalue weighted by molar-refractivity contribution is 5.64. The van der Waals surface area contributed by atoms with Crippen LogP contribution in [0.2, 0.25) is 0 Å². The van der Waals surface area contributed by atoms with E-state index in [-0.39, 0.29) is 17.3 Å². The maximum absolute atomic E-state index is 12.9. The average molecular weight is 284 g/mol. The van der Waals surface area contributed by atoms with E-state index in [2.05, 4.69) is 5.16 Å². The summed E-state index contributed by atoms with van der Waals surface area (Å²) in [6.45, 7) is 1.97. The molecule has 1 unspecified atom stereocenters. The van der Waals surface area contributed by atoms with Crippen molar-refractivity contribution in [2.45, 2.75) is 32.0 Å². The van der Waals surface area contributed by atoms with Gasteiger partial charge < -0.3 is 10.3 Å². The van der Waals surface area contributed by atoms with Crippen molar-refractivity contribution in [2.75, 3.05) is 0 Å². The van der Waals surface area contributed by atoms with Gasteiger partial charge in [0.25, 0.3) is 0 Å². The average Bonchev–Trinajstić information content (AvgIpc) is 2.87. The van der Waals surface area contributed by atoms with E-state index in [1.54, 1.807) is 0 Å². The topological polar surface area (TPSA) is 52.0 Å². The molecule has 0 aliphatic carbocycles. The zero-order valence-corrected chi connectivity index (χ0v) is 10.9. The summed E-state index contributed by atoms with van der Waals surface area (Å²) < 4.78 is 43.9. The Balaban J connectivity index is 2.38. The predicted octanol–water partition coefficient (Wildman–Crippen LogP) is 4.16. The SMILES string of the molecule is CCCC(N)c1cc(-c2ccccc2C(F)(F)F)no1. The fourth-order valence-electron chi connectivity index (χ4n) is 2.00. The summed E-state index contributed by atoms with van der Waals surface area (Å²) in [5, 5.41) is 3.71. The molecule has 20 heavy (non-hydrogen) atoms. The van der Waals surface area contributed by atoms with Crippen LogP contribution in [0.4, 0.5) is 13.2 Å². The zero-order valence-electron chi connectivity index (χ0n) is 10.9. The zero-order chi connectivity index (χ0) is 14.8. The smallest absolute Gasteiger partial charge is 0.359 e. The van der Waals surface area contributed by atoms with Crippen molar-refractivity contribution in [3.05, 3.63) is 41.7 Å². The lowest BCUT2D eigenvalue weighted by molar-refractivity contribution is -0.137. The standard InChI is InChI=1S/C14H15F3N2O/c1-2-5-11(18)13-8-12(19-20-13)9-6-3-4-7-10(9)14(15,16)17/h3-4,6-8,11H,2,5,18H2,1H3. The molecule has 3 nitrogen and oxygen atoms in total. The molecule has 0 saturated carbocycles. The molecule has 0 spiro atoms. The van der Waals surface area contributed by atoms with Crippen LogP contribution in [-0.2, 0) is 6.18 Å². The van der Waals surface area contributed by atoms with Gasteiger partial charge in [0.05, 0.1) is 11.6 Å². The van der Waals surface area contributed by atoms with Gasteiger partial charge in [-0.05, 0) is 12.5 Å². The van der Waals surface area contributed by atoms with Crippen molar-refractivity contribution in [1.29, 1.82) is 0 Å². The molecule has 0 bridgehead atoms. The predicted molar refractivity (Wildman–Crippen MR) is 68.8 cm³/mol. The normalized spacial score (nSPS) is 13.4. The lowest BCUT2D eigenvalue weighted by Crippen LogP contribution is -2.08. The third kappa shape index (κ3) is 3.01. The number of halogens is 3. The highest BCUT2D eigenvalue weighted by Crippen LogP contribution is 2.37. The first kappa shape index (κ1) is 14.6. The molecule has 1 atom stereocenters. The monoisotopic (exact) mass is 284 g/mol. The van der Waals surface area contributed by atoms with Crippen LogP contribution in [0.25, 0.3) is 11.3 Å². The Morgan fingerprint density at radius 3 is 2.65 bits per heavy atom. The first-order valence-electron chi connectivity index (χ1n) is 6.32. The number of nitrogens with zero attached hydrogens (tertiary/aromatic N) is 1. The van der Waals surface area contributed by atoms with Crippen molar-refractivity contribution in [3.63, 3.8) is 0 Å². The Hall–Kier alpha value is -1.82. The van der Waals surface area contributed by atoms with Gasteiger partial charge in [-0.3, -0.25) is 0 Å². The molecule has 0 aliphatic heterocycles. The Labute approximate surface area is 114 Å². The van der Waals surface area contributed by atoms with Gasteiger partial charge in [-0.25, -0.2) is 0 Å². The fourth-order valence-corrected chi connectivity index (χ4v) is 2.00. The van der Waals surface area contributed by atoms with Crippen LogP contribution in [0.1, 0.15) is 37.1 Å². The van der Waals surface area contributed by atoms with E-state index in [1.807, 2.05) is 6.92 Å². The molecule has 1 aromatic heterocycles. The second-order valence-electron chi connectivity index (χ2n) is 4.55. The fraction of sp³-hybridized carbons (Fsp3) is 0.357. The third-order valence-electron chi connectivity index (χ3n) is 3.00. The van der Waals surface area contributed by atoms with Crippen molar-refractivity contribution < 1.29 is 17.7 Å². The Kier molecular flexibility index (Phi) is 4.13. The van der Waals surface area contributed by atoms with Crippen LogP contribution in [-0.4, -0.2) is 5.16 Å². The maximum atomic E-state index is 12.9. The van der Waals surface area contributed by atoms with Crippen LogP contribution in [0.5, 0.6) is 0 Å². The Morgan fingerprint density at radius 2 is 2.00 bits per heavy atom. The number of hydrogen-bond acceptors (Lipinski definition) is 3. The van der Waals surface area contributed by atoms with E-state index in [0.717, 1.165) is 12.5 Å². The molecule has 1 heterocycles. The van der Waals surface area contributed by atoms with Crippen molar-refractivity contribution in [2.24, 2.45) is 5.73 Å². The summed E-state index contributed by atoms with van der Waals surface area (Å²) in [5.74, 6) is 0.402. The van der Waals surface area contributed by atoms with E-state index in [1.165, 1.54) is 24.3 Å². The van der Waals surface area contributed by atoms with E-state index in [0.29, 0.717) is 12.2 Å². The van der Waals surface area contributed by atoms with Gasteiger partial charge >= 0.3 is 6.18 Å². The summed E-state index contributed by atoms with van der Waals surface area (Å²) in [5.41, 5.74) is 5.28. The van der Waals surface area contributed by atoms with Crippen molar-refractivity contribution >= 4 is 0 Å². The summed E-state index contributed by atoms with van der Waals surface area (Å²) in [4.78, 5) is 0. The quantitative estimate of drug-likeness (QED) is 0.917. The molecule has 0 radical (unpaired) electrons. The van der Waals surface area contributed by atoms with Gasteiger partial charge in [-0.15, -0.1) is 0 Å². The van der Waals surface area contributed by atoms with E-state index in [4.69, 9.17) is 10.3 Å². The molecular formula is C14H15F3N2O. The molecule has 0 fully saturated rings. The van der Waals surface area contributed by atoms with Crippen LogP contribution < -0.4 is 5.73 Å². The van der Waals surface area contributed by atoms with Gasteiger partial charge in [-0.1, -0.05) is 36.7 Å². The maximum Gasteiger partial charge on any atom is 0.417 e. The molecule has 108 valence electrons. The van der Waals surface area contributed by atoms with Crippen LogP contribution in [0, 0.1) is 0 Å². The molecule has 0 amide bonds. The molecular weight excluding hydrogens is 269 g/mol. The minimum Gasteiger partial charge on any atom is -0.359 e. The number of aromatic nitrogens is 1. The number of hydrogen-bond donors (Lipinski definition) is 1. The highest BCUT2D eigenvalue weighted by atomic mass is 19.4. The molecule has 2 N–H and O–H groups in total. The lowest BCUT2D eigenvalue weighted by atomic mass is 10.0. The molecule has 0 aliphatic rings. The second kappa shape index (κ2) is 5.66. The molecule has 2 aromatic rings. The first-order valence-corrected chi connectivity index (χ1v) is 6.32. The van der Waals surface area contributed by atoms with Crippen molar-refractivity contribution in [3.8, 4) is 11.3 Å². The van der Waals surface area contributed by atoms with E-state index < -0.39 is 11.7 Å². The molecule has 6 heteroatoms. The third-order valence-corrected chi connectivity index (χ3v) is 3.00.